The smallest absolute Gasteiger partial charge is 0.239 e. The van der Waals surface area contributed by atoms with Crippen molar-refractivity contribution in [1.29, 1.82) is 5.26 Å². The van der Waals surface area contributed by atoms with Gasteiger partial charge in [0.15, 0.2) is 0 Å². The first kappa shape index (κ1) is 38.7. The minimum atomic E-state index is -4.37. The number of para-hydroxylation sites is 1. The van der Waals surface area contributed by atoms with Crippen LogP contribution in [0.25, 0.3) is 72.5 Å². The fourth-order valence-corrected chi connectivity index (χ4v) is 10.5. The highest BCUT2D eigenvalue weighted by Gasteiger charge is 2.32. The first-order valence-corrected chi connectivity index (χ1v) is 22.1. The molecule has 0 bridgehead atoms. The van der Waals surface area contributed by atoms with Crippen molar-refractivity contribution in [3.05, 3.63) is 102 Å². The number of benzene rings is 4. The Bertz CT molecular complexity index is 3230. The number of primary sulfonamides is 2. The Morgan fingerprint density at radius 1 is 0.733 bits per heavy atom. The second kappa shape index (κ2) is 15.4. The van der Waals surface area contributed by atoms with Crippen molar-refractivity contribution < 1.29 is 16.8 Å². The fraction of sp³-hybridized carbons (Fsp3) is 0.195. The lowest BCUT2D eigenvalue weighted by molar-refractivity contribution is 0.438. The van der Waals surface area contributed by atoms with Crippen LogP contribution in [0, 0.1) is 11.3 Å². The van der Waals surface area contributed by atoms with E-state index < -0.39 is 20.0 Å². The summed E-state index contributed by atoms with van der Waals surface area (Å²) in [6.07, 6.45) is 8.09. The van der Waals surface area contributed by atoms with Crippen LogP contribution in [0.1, 0.15) is 55.6 Å². The lowest BCUT2D eigenvalue weighted by atomic mass is 9.82. The van der Waals surface area contributed by atoms with Crippen LogP contribution in [0.2, 0.25) is 0 Å². The first-order valence-electron chi connectivity index (χ1n) is 19.0. The number of fused-ring (bicyclic) bond motifs is 2. The van der Waals surface area contributed by atoms with Crippen LogP contribution in [-0.2, 0) is 26.5 Å². The van der Waals surface area contributed by atoms with Crippen LogP contribution in [0.15, 0.2) is 101 Å². The number of nitriles is 1. The van der Waals surface area contributed by atoms with Crippen LogP contribution < -0.4 is 10.3 Å². The lowest BCUT2D eigenvalue weighted by Crippen LogP contribution is -2.19. The van der Waals surface area contributed by atoms with Gasteiger partial charge in [0, 0.05) is 29.6 Å². The predicted octanol–water partition coefficient (Wildman–Crippen LogP) is 5.74. The topological polar surface area (TPSA) is 268 Å². The molecule has 17 nitrogen and oxygen atoms in total. The molecule has 1 aliphatic carbocycles. The number of H-pyrrole nitrogens is 1. The average Bonchev–Trinajstić information content (AvgIpc) is 3.98. The molecule has 1 fully saturated rings. The first-order chi connectivity index (χ1) is 29.0. The minimum Gasteiger partial charge on any atom is -0.256 e. The van der Waals surface area contributed by atoms with Crippen molar-refractivity contribution in [2.45, 2.75) is 60.7 Å². The summed E-state index contributed by atoms with van der Waals surface area (Å²) in [5.74, 6) is 0.00250. The summed E-state index contributed by atoms with van der Waals surface area (Å²) in [5.41, 5.74) is 5.23. The highest BCUT2D eigenvalue weighted by Crippen LogP contribution is 2.45. The Labute approximate surface area is 343 Å². The number of nitrogens with two attached hydrogens (primary N) is 2. The van der Waals surface area contributed by atoms with Gasteiger partial charge in [-0.25, -0.2) is 27.1 Å². The van der Waals surface area contributed by atoms with Gasteiger partial charge in [-0.15, -0.1) is 25.2 Å². The van der Waals surface area contributed by atoms with E-state index >= 15 is 0 Å². The van der Waals surface area contributed by atoms with E-state index in [1.807, 2.05) is 48.5 Å². The van der Waals surface area contributed by atoms with E-state index in [0.29, 0.717) is 44.4 Å². The summed E-state index contributed by atoms with van der Waals surface area (Å²) < 4.78 is 54.1. The van der Waals surface area contributed by atoms with E-state index in [0.717, 1.165) is 48.6 Å². The number of tetrazole rings is 2. The van der Waals surface area contributed by atoms with Gasteiger partial charge >= 0.3 is 0 Å². The molecule has 0 spiro atoms. The molecule has 4 aromatic carbocycles. The summed E-state index contributed by atoms with van der Waals surface area (Å²) >= 11 is 0. The number of aromatic nitrogens is 10. The molecule has 9 rings (SSSR count). The molecule has 4 heterocycles. The number of rotatable bonds is 10. The van der Waals surface area contributed by atoms with E-state index in [1.54, 1.807) is 48.8 Å². The SMILES string of the molecule is N#CCCc1ccc(-c2ccnc3ccc(-n4nnc(-c5c(-c6ccnc7ccccc67)ccc(C6CCCCC6)c5S(N)(=O)=O)n4)cc23)c(-c2nn[nH]n2)c1S(N)(=O)=O. The zero-order chi connectivity index (χ0) is 41.6. The van der Waals surface area contributed by atoms with Crippen molar-refractivity contribution in [3.8, 4) is 56.8 Å². The third-order valence-corrected chi connectivity index (χ3v) is 13.0. The number of sulfonamides is 2. The van der Waals surface area contributed by atoms with Crippen LogP contribution in [0.5, 0.6) is 0 Å². The van der Waals surface area contributed by atoms with Crippen molar-refractivity contribution >= 4 is 41.9 Å². The number of nitrogens with one attached hydrogen (secondary N) is 1. The summed E-state index contributed by atoms with van der Waals surface area (Å²) in [5, 5.41) is 50.6. The van der Waals surface area contributed by atoms with Crippen LogP contribution >= 0.6 is 0 Å². The Morgan fingerprint density at radius 2 is 1.42 bits per heavy atom. The van der Waals surface area contributed by atoms with E-state index in [9.17, 15) is 22.1 Å². The Hall–Kier alpha value is -6.85. The van der Waals surface area contributed by atoms with Gasteiger partial charge in [0.25, 0.3) is 0 Å². The molecule has 19 heteroatoms. The monoisotopic (exact) mass is 837 g/mol. The molecule has 0 aliphatic heterocycles. The number of hydrogen-bond donors (Lipinski definition) is 3. The molecule has 8 aromatic rings. The number of aryl methyl sites for hydroxylation is 1. The maximum absolute atomic E-state index is 13.8. The second-order valence-electron chi connectivity index (χ2n) is 14.5. The molecule has 0 radical (unpaired) electrons. The molecular weight excluding hydrogens is 803 g/mol. The van der Waals surface area contributed by atoms with Gasteiger partial charge < -0.3 is 0 Å². The molecule has 0 amide bonds. The Kier molecular flexibility index (Phi) is 9.92. The molecule has 4 aromatic heterocycles. The van der Waals surface area contributed by atoms with Gasteiger partial charge in [0.05, 0.1) is 43.7 Å². The van der Waals surface area contributed by atoms with Gasteiger partial charge in [0.2, 0.25) is 31.7 Å². The maximum Gasteiger partial charge on any atom is 0.239 e. The second-order valence-corrected chi connectivity index (χ2v) is 17.5. The standard InChI is InChI=1S/C41H35N13O4S2/c42-20-6-9-25-12-14-31(36(38(25)59(43,55)56)40-47-51-52-48-40)29-19-22-46-35-17-13-26(23-33(29)35)54-50-41(49-53-54)37-32(28-18-21-45-34-11-5-4-10-30(28)34)16-15-27(39(37)60(44,57)58)24-7-2-1-3-8-24/h4-5,10-19,21-24H,1-3,6-9H2,(H2,43,55,56)(H2,44,57,58)(H,47,48,51,52). The van der Waals surface area contributed by atoms with Crippen molar-refractivity contribution in [3.63, 3.8) is 0 Å². The Morgan fingerprint density at radius 3 is 2.12 bits per heavy atom. The molecule has 60 heavy (non-hydrogen) atoms. The summed E-state index contributed by atoms with van der Waals surface area (Å²) in [6.45, 7) is 0. The number of pyridine rings is 2. The highest BCUT2D eigenvalue weighted by molar-refractivity contribution is 7.89. The van der Waals surface area contributed by atoms with Crippen molar-refractivity contribution in [2.24, 2.45) is 10.3 Å². The van der Waals surface area contributed by atoms with Crippen molar-refractivity contribution in [1.82, 2.24) is 50.8 Å². The zero-order valence-electron chi connectivity index (χ0n) is 31.8. The number of aromatic amines is 1. The quantitative estimate of drug-likeness (QED) is 0.149. The molecule has 1 saturated carbocycles. The van der Waals surface area contributed by atoms with E-state index in [4.69, 9.17) is 15.4 Å². The third-order valence-electron chi connectivity index (χ3n) is 10.9. The predicted molar refractivity (Wildman–Crippen MR) is 222 cm³/mol. The van der Waals surface area contributed by atoms with E-state index in [2.05, 4.69) is 40.9 Å². The summed E-state index contributed by atoms with van der Waals surface area (Å²) in [6, 6.07) is 25.6. The van der Waals surface area contributed by atoms with Crippen molar-refractivity contribution in [2.75, 3.05) is 0 Å². The van der Waals surface area contributed by atoms with E-state index in [-0.39, 0.29) is 51.3 Å². The molecule has 0 unspecified atom stereocenters. The molecule has 5 N–H and O–H groups in total. The Balaban J connectivity index is 1.24. The van der Waals surface area contributed by atoms with Gasteiger partial charge in [0.1, 0.15) is 0 Å². The average molecular weight is 838 g/mol. The van der Waals surface area contributed by atoms with E-state index in [1.165, 1.54) is 4.80 Å². The maximum atomic E-state index is 13.8. The number of hydrogen-bond acceptors (Lipinski definition) is 13. The van der Waals surface area contributed by atoms with Crippen LogP contribution in [0.3, 0.4) is 0 Å². The van der Waals surface area contributed by atoms with Gasteiger partial charge in [-0.2, -0.15) is 10.5 Å². The largest absolute Gasteiger partial charge is 0.256 e. The number of nitrogens with zero attached hydrogens (tertiary/aromatic N) is 10. The third kappa shape index (κ3) is 7.04. The zero-order valence-corrected chi connectivity index (χ0v) is 33.4. The van der Waals surface area contributed by atoms with Crippen LogP contribution in [-0.4, -0.2) is 67.6 Å². The summed E-state index contributed by atoms with van der Waals surface area (Å²) in [4.78, 5) is 10.1. The highest BCUT2D eigenvalue weighted by atomic mass is 32.2. The van der Waals surface area contributed by atoms with Crippen LogP contribution in [0.4, 0.5) is 0 Å². The molecule has 1 aliphatic rings. The fourth-order valence-electron chi connectivity index (χ4n) is 8.39. The molecular formula is C41H35N13O4S2. The van der Waals surface area contributed by atoms with Gasteiger partial charge in [-0.1, -0.05) is 61.7 Å². The minimum absolute atomic E-state index is 0.0181. The molecule has 0 atom stereocenters. The lowest BCUT2D eigenvalue weighted by Gasteiger charge is -2.26. The molecule has 0 saturated heterocycles. The molecule has 300 valence electrons. The van der Waals surface area contributed by atoms with Gasteiger partial charge in [-0.05, 0) is 105 Å². The van der Waals surface area contributed by atoms with Gasteiger partial charge in [-0.3, -0.25) is 9.97 Å². The summed E-state index contributed by atoms with van der Waals surface area (Å²) in [7, 11) is -8.71. The normalized spacial score (nSPS) is 13.8.